The Kier molecular flexibility index (Phi) is 25.4. The number of amides is 4. The highest BCUT2D eigenvalue weighted by molar-refractivity contribution is 6.11. The van der Waals surface area contributed by atoms with Crippen LogP contribution in [0.5, 0.6) is 0 Å². The zero-order valence-electron chi connectivity index (χ0n) is 69.7. The van der Waals surface area contributed by atoms with Crippen LogP contribution in [0.2, 0.25) is 0 Å². The maximum absolute atomic E-state index is 13.5. The molecule has 12 aliphatic heterocycles. The zero-order chi connectivity index (χ0) is 89.2. The number of rotatable bonds is 12. The van der Waals surface area contributed by atoms with Gasteiger partial charge in [0.05, 0.1) is 99.1 Å². The van der Waals surface area contributed by atoms with Crippen LogP contribution in [0.4, 0.5) is 145 Å². The molecule has 4 amide bonds. The molecule has 0 spiro atoms. The summed E-state index contributed by atoms with van der Waals surface area (Å²) in [6, 6.07) is 11.4. The Bertz CT molecular complexity index is 4650. The second-order valence-electron chi connectivity index (χ2n) is 34.3. The van der Waals surface area contributed by atoms with Gasteiger partial charge in [0.25, 0.3) is 23.6 Å². The van der Waals surface area contributed by atoms with Gasteiger partial charge in [-0.2, -0.15) is 52.7 Å². The standard InChI is InChI=1S/C22H25F3N6O.3C21H24F3N7O/c23-22(24,25)14-4-2-9-31(12-14)20-17(21(32)28-15-5-1-7-26-11-15)10-18-19(29-20)27-16-6-3-8-30(18)13-16;3*22-21(23,24)13-3-1-8-31(11-13)19-15(20(32)28-17-10-25-5-6-26-17)9-16-18(29-19)27-14-4-2-7-30(16)12-14/h1,5,7,10-11,14,16H,2-4,6,8-9,12-13H2,(H,27,29)(H,28,32);3*5-6,9-10,13-14H,1-4,7-8,11-12H2,(H,27,29)(H,26,28,32)/t14-,16-;3*13-,14-/m0000/s1. The van der Waals surface area contributed by atoms with Gasteiger partial charge in [-0.1, -0.05) is 0 Å². The molecule has 0 unspecified atom stereocenters. The van der Waals surface area contributed by atoms with E-state index in [4.69, 9.17) is 19.9 Å². The van der Waals surface area contributed by atoms with Gasteiger partial charge in [-0.05, 0) is 139 Å². The molecule has 20 rings (SSSR count). The Balaban J connectivity index is 0.000000120. The van der Waals surface area contributed by atoms with Gasteiger partial charge in [0, 0.05) is 172 Å². The van der Waals surface area contributed by atoms with E-state index in [1.807, 2.05) is 0 Å². The molecule has 0 aromatic carbocycles. The lowest BCUT2D eigenvalue weighted by Crippen LogP contribution is -2.47. The molecule has 31 nitrogen and oxygen atoms in total. The van der Waals surface area contributed by atoms with Crippen LogP contribution in [0, 0.1) is 23.7 Å². The second-order valence-corrected chi connectivity index (χ2v) is 34.3. The number of alkyl halides is 12. The number of hydrogen-bond donors (Lipinski definition) is 8. The normalized spacial score (nSPS) is 22.7. The van der Waals surface area contributed by atoms with Crippen molar-refractivity contribution in [3.63, 3.8) is 0 Å². The summed E-state index contributed by atoms with van der Waals surface area (Å²) in [6.07, 6.45) is 9.19. The molecule has 8 fully saturated rings. The molecule has 8 aromatic rings. The predicted molar refractivity (Wildman–Crippen MR) is 458 cm³/mol. The number of aromatic nitrogens is 11. The lowest BCUT2D eigenvalue weighted by Gasteiger charge is -2.42. The summed E-state index contributed by atoms with van der Waals surface area (Å²) in [5, 5.41) is 24.6. The van der Waals surface area contributed by atoms with Crippen LogP contribution in [0.15, 0.2) is 105 Å². The van der Waals surface area contributed by atoms with Crippen LogP contribution < -0.4 is 81.7 Å². The minimum atomic E-state index is -4.28. The number of fused-ring (bicyclic) bond motifs is 16. The van der Waals surface area contributed by atoms with Crippen molar-refractivity contribution in [2.45, 2.75) is 152 Å². The van der Waals surface area contributed by atoms with Crippen molar-refractivity contribution >= 4 is 116 Å². The Morgan fingerprint density at radius 2 is 0.555 bits per heavy atom. The van der Waals surface area contributed by atoms with Gasteiger partial charge in [-0.15, -0.1) is 0 Å². The third-order valence-electron chi connectivity index (χ3n) is 25.4. The van der Waals surface area contributed by atoms with Gasteiger partial charge in [0.15, 0.2) is 40.7 Å². The quantitative estimate of drug-likeness (QED) is 0.0527. The van der Waals surface area contributed by atoms with Gasteiger partial charge in [-0.3, -0.25) is 39.1 Å². The van der Waals surface area contributed by atoms with Crippen LogP contribution >= 0.6 is 0 Å². The highest BCUT2D eigenvalue weighted by Gasteiger charge is 2.48. The Labute approximate surface area is 728 Å². The first kappa shape index (κ1) is 87.7. The number of hydrogen-bond acceptors (Lipinski definition) is 27. The van der Waals surface area contributed by atoms with E-state index in [0.29, 0.717) is 86.6 Å². The van der Waals surface area contributed by atoms with E-state index in [1.54, 1.807) is 62.2 Å². The van der Waals surface area contributed by atoms with E-state index in [-0.39, 0.29) is 133 Å². The third kappa shape index (κ3) is 20.1. The molecule has 8 atom stereocenters. The second kappa shape index (κ2) is 37.1. The molecule has 8 aromatic heterocycles. The first-order chi connectivity index (χ1) is 61.5. The van der Waals surface area contributed by atoms with Crippen molar-refractivity contribution < 1.29 is 71.9 Å². The molecular formula is C85H97F12N27O4. The van der Waals surface area contributed by atoms with E-state index in [1.165, 1.54) is 62.0 Å². The van der Waals surface area contributed by atoms with E-state index in [0.717, 1.165) is 126 Å². The monoisotopic (exact) mass is 1790 g/mol. The zero-order valence-corrected chi connectivity index (χ0v) is 69.7. The third-order valence-corrected chi connectivity index (χ3v) is 25.4. The largest absolute Gasteiger partial charge is 0.393 e. The van der Waals surface area contributed by atoms with Gasteiger partial charge in [0.1, 0.15) is 23.3 Å². The molecule has 8 saturated heterocycles. The number of carbonyl (C=O) groups is 4. The average molecular weight is 1790 g/mol. The summed E-state index contributed by atoms with van der Waals surface area (Å²) in [7, 11) is 0. The van der Waals surface area contributed by atoms with E-state index in [2.05, 4.69) is 97.0 Å². The maximum Gasteiger partial charge on any atom is 0.393 e. The fourth-order valence-corrected chi connectivity index (χ4v) is 19.0. The minimum Gasteiger partial charge on any atom is -0.366 e. The number of pyridine rings is 5. The molecule has 0 aliphatic carbocycles. The molecule has 12 aliphatic rings. The molecule has 128 heavy (non-hydrogen) atoms. The summed E-state index contributed by atoms with van der Waals surface area (Å²) in [5.41, 5.74) is 4.75. The SMILES string of the molecule is O=C(Nc1cccnc1)c1cc2c(nc1N1CCC[C@H](C(F)(F)F)C1)N[C@H]1CCCN2C1.O=C(Nc1cnccn1)c1cc2c(nc1N1CCC[C@H](C(F)(F)F)C1)N[C@H]1CCCN2C1.O=C(Nc1cnccn1)c1cc2c(nc1N1CCC[C@H](C(F)(F)F)C1)N[C@H]1CCCN2C1.O=C(Nc1cnccn1)c1cc2c(nc1N1CCC[C@H](C(F)(F)F)C1)N[C@H]1CCCN2C1. The predicted octanol–water partition coefficient (Wildman–Crippen LogP) is 13.8. The fraction of sp³-hybridized carbons (Fsp3) is 0.518. The van der Waals surface area contributed by atoms with Gasteiger partial charge < -0.3 is 81.7 Å². The topological polar surface area (TPSA) is 332 Å². The number of carbonyl (C=O) groups excluding carboxylic acids is 4. The summed E-state index contributed by atoms with van der Waals surface area (Å²) in [4.78, 5) is 115. The van der Waals surface area contributed by atoms with Gasteiger partial charge in [0.2, 0.25) is 0 Å². The van der Waals surface area contributed by atoms with Crippen molar-refractivity contribution in [2.75, 3.05) is 186 Å². The lowest BCUT2D eigenvalue weighted by molar-refractivity contribution is -0.176. The molecule has 43 heteroatoms. The highest BCUT2D eigenvalue weighted by atomic mass is 19.4. The Hall–Kier alpha value is -12.4. The fourth-order valence-electron chi connectivity index (χ4n) is 19.0. The number of anilines is 16. The summed E-state index contributed by atoms with van der Waals surface area (Å²) in [5.74, 6) is -3.14. The molecule has 8 N–H and O–H groups in total. The van der Waals surface area contributed by atoms with Gasteiger partial charge >= 0.3 is 24.7 Å². The van der Waals surface area contributed by atoms with Crippen molar-refractivity contribution in [1.82, 2.24) is 54.8 Å². The highest BCUT2D eigenvalue weighted by Crippen LogP contribution is 2.47. The Morgan fingerprint density at radius 3 is 0.797 bits per heavy atom. The maximum atomic E-state index is 13.5. The van der Waals surface area contributed by atoms with Crippen LogP contribution in [0.1, 0.15) is 144 Å². The molecule has 0 radical (unpaired) electrons. The van der Waals surface area contributed by atoms with E-state index < -0.39 is 72.0 Å². The lowest BCUT2D eigenvalue weighted by atomic mass is 9.96. The average Bonchev–Trinajstić information content (AvgIpc) is 0.771. The van der Waals surface area contributed by atoms with Crippen LogP contribution in [0.3, 0.4) is 0 Å². The summed E-state index contributed by atoms with van der Waals surface area (Å²) < 4.78 is 161. The smallest absolute Gasteiger partial charge is 0.366 e. The summed E-state index contributed by atoms with van der Waals surface area (Å²) in [6.45, 7) is 7.56. The number of halogens is 12. The number of nitrogens with one attached hydrogen (secondary N) is 8. The molecule has 680 valence electrons. The molecule has 8 bridgehead atoms. The van der Waals surface area contributed by atoms with E-state index in [9.17, 15) is 71.9 Å². The van der Waals surface area contributed by atoms with E-state index >= 15 is 0 Å². The molecular weight excluding hydrogens is 1690 g/mol. The van der Waals surface area contributed by atoms with Crippen LogP contribution in [0.25, 0.3) is 0 Å². The van der Waals surface area contributed by atoms with Crippen LogP contribution in [-0.2, 0) is 0 Å². The van der Waals surface area contributed by atoms with Crippen molar-refractivity contribution in [3.8, 4) is 0 Å². The minimum absolute atomic E-state index is 0.0835. The van der Waals surface area contributed by atoms with Crippen LogP contribution in [-0.4, -0.2) is 232 Å². The Morgan fingerprint density at radius 1 is 0.305 bits per heavy atom. The van der Waals surface area contributed by atoms with Crippen molar-refractivity contribution in [3.05, 3.63) is 127 Å². The number of piperidine rings is 8. The first-order valence-electron chi connectivity index (χ1n) is 43.5. The number of nitrogens with zero attached hydrogens (tertiary/aromatic N) is 19. The molecule has 0 saturated carbocycles. The van der Waals surface area contributed by atoms with Crippen molar-refractivity contribution in [2.24, 2.45) is 23.7 Å². The van der Waals surface area contributed by atoms with Crippen molar-refractivity contribution in [1.29, 1.82) is 0 Å². The molecule has 20 heterocycles. The van der Waals surface area contributed by atoms with Gasteiger partial charge in [-0.25, -0.2) is 34.9 Å². The summed E-state index contributed by atoms with van der Waals surface area (Å²) >= 11 is 0. The first-order valence-corrected chi connectivity index (χ1v) is 43.5.